The van der Waals surface area contributed by atoms with Crippen LogP contribution in [0.4, 0.5) is 10.1 Å². The largest absolute Gasteiger partial charge is 0.366 e. The first-order chi connectivity index (χ1) is 12.9. The maximum atomic E-state index is 13.6. The number of carbonyl (C=O) groups is 2. The smallest absolute Gasteiger partial charge is 0.259 e. The summed E-state index contributed by atoms with van der Waals surface area (Å²) in [5, 5.41) is 6.99. The average molecular weight is 366 g/mol. The normalized spacial score (nSPS) is 10.6. The second-order valence-corrected chi connectivity index (χ2v) is 6.12. The molecule has 0 saturated carbocycles. The predicted octanol–water partition coefficient (Wildman–Crippen LogP) is 3.23. The number of halogens is 1. The van der Waals surface area contributed by atoms with E-state index in [0.29, 0.717) is 12.0 Å². The van der Waals surface area contributed by atoms with Gasteiger partial charge in [-0.05, 0) is 43.7 Å². The Morgan fingerprint density at radius 1 is 1.15 bits per heavy atom. The maximum Gasteiger partial charge on any atom is 0.259 e. The topological polar surface area (TPSA) is 90.0 Å². The third-order valence-corrected chi connectivity index (χ3v) is 4.22. The van der Waals surface area contributed by atoms with Gasteiger partial charge in [-0.2, -0.15) is 5.10 Å². The van der Waals surface area contributed by atoms with E-state index in [1.807, 2.05) is 38.1 Å². The van der Waals surface area contributed by atoms with Crippen molar-refractivity contribution < 1.29 is 14.0 Å². The van der Waals surface area contributed by atoms with E-state index in [9.17, 15) is 14.0 Å². The second-order valence-electron chi connectivity index (χ2n) is 6.12. The highest BCUT2D eigenvalue weighted by molar-refractivity contribution is 6.05. The quantitative estimate of drug-likeness (QED) is 0.726. The fourth-order valence-corrected chi connectivity index (χ4v) is 2.80. The van der Waals surface area contributed by atoms with Gasteiger partial charge in [-0.3, -0.25) is 9.59 Å². The van der Waals surface area contributed by atoms with Crippen molar-refractivity contribution in [3.05, 3.63) is 76.9 Å². The van der Waals surface area contributed by atoms with Crippen LogP contribution >= 0.6 is 0 Å². The Bertz CT molecular complexity index is 1010. The highest BCUT2D eigenvalue weighted by Crippen LogP contribution is 2.19. The van der Waals surface area contributed by atoms with Crippen LogP contribution in [-0.2, 0) is 6.42 Å². The molecule has 0 unspecified atom stereocenters. The van der Waals surface area contributed by atoms with E-state index >= 15 is 0 Å². The van der Waals surface area contributed by atoms with Crippen LogP contribution in [0, 0.1) is 12.7 Å². The molecule has 0 aliphatic heterocycles. The molecular formula is C20H19FN4O2. The number of primary amides is 1. The van der Waals surface area contributed by atoms with Crippen LogP contribution in [0.2, 0.25) is 0 Å². The van der Waals surface area contributed by atoms with E-state index < -0.39 is 17.6 Å². The van der Waals surface area contributed by atoms with Gasteiger partial charge >= 0.3 is 0 Å². The van der Waals surface area contributed by atoms with E-state index in [0.717, 1.165) is 23.0 Å². The summed E-state index contributed by atoms with van der Waals surface area (Å²) in [6, 6.07) is 11.5. The van der Waals surface area contributed by atoms with Crippen LogP contribution in [-0.4, -0.2) is 21.6 Å². The molecule has 0 atom stereocenters. The molecule has 6 nitrogen and oxygen atoms in total. The van der Waals surface area contributed by atoms with E-state index in [1.165, 1.54) is 18.3 Å². The summed E-state index contributed by atoms with van der Waals surface area (Å²) < 4.78 is 15.3. The van der Waals surface area contributed by atoms with Crippen molar-refractivity contribution in [1.82, 2.24) is 9.78 Å². The Kier molecular flexibility index (Phi) is 5.03. The Labute approximate surface area is 155 Å². The average Bonchev–Trinajstić information content (AvgIpc) is 3.07. The number of nitrogens with one attached hydrogen (secondary N) is 1. The van der Waals surface area contributed by atoms with Gasteiger partial charge in [0.15, 0.2) is 0 Å². The number of nitrogens with two attached hydrogens (primary N) is 1. The zero-order valence-corrected chi connectivity index (χ0v) is 15.0. The second kappa shape index (κ2) is 7.41. The minimum Gasteiger partial charge on any atom is -0.366 e. The SMILES string of the molecule is CCc1c(C(=O)Nc2ccc(F)c(C(N)=O)c2)cnn1-c1ccc(C)cc1. The minimum absolute atomic E-state index is 0.278. The van der Waals surface area contributed by atoms with Crippen LogP contribution < -0.4 is 11.1 Å². The van der Waals surface area contributed by atoms with Crippen molar-refractivity contribution in [3.63, 3.8) is 0 Å². The Balaban J connectivity index is 1.91. The molecule has 1 aromatic heterocycles. The van der Waals surface area contributed by atoms with Crippen molar-refractivity contribution >= 4 is 17.5 Å². The highest BCUT2D eigenvalue weighted by atomic mass is 19.1. The Hall–Kier alpha value is -3.48. The molecule has 0 fully saturated rings. The van der Waals surface area contributed by atoms with Gasteiger partial charge in [0.1, 0.15) is 5.82 Å². The molecular weight excluding hydrogens is 347 g/mol. The molecule has 0 radical (unpaired) electrons. The van der Waals surface area contributed by atoms with E-state index in [4.69, 9.17) is 5.73 Å². The molecule has 27 heavy (non-hydrogen) atoms. The number of rotatable bonds is 5. The standard InChI is InChI=1S/C20H19FN4O2/c1-3-18-16(11-23-25(18)14-7-4-12(2)5-8-14)20(27)24-13-6-9-17(21)15(10-13)19(22)26/h4-11H,3H2,1-2H3,(H2,22,26)(H,24,27). The molecule has 7 heteroatoms. The van der Waals surface area contributed by atoms with Crippen LogP contribution in [0.5, 0.6) is 0 Å². The summed E-state index contributed by atoms with van der Waals surface area (Å²) in [7, 11) is 0. The summed E-state index contributed by atoms with van der Waals surface area (Å²) >= 11 is 0. The zero-order chi connectivity index (χ0) is 19.6. The number of nitrogens with zero attached hydrogens (tertiary/aromatic N) is 2. The first-order valence-electron chi connectivity index (χ1n) is 8.45. The van der Waals surface area contributed by atoms with Gasteiger partial charge < -0.3 is 11.1 Å². The summed E-state index contributed by atoms with van der Waals surface area (Å²) in [6.07, 6.45) is 2.08. The lowest BCUT2D eigenvalue weighted by Gasteiger charge is -2.09. The predicted molar refractivity (Wildman–Crippen MR) is 101 cm³/mol. The van der Waals surface area contributed by atoms with E-state index in [-0.39, 0.29) is 11.3 Å². The first kappa shape index (κ1) is 18.3. The van der Waals surface area contributed by atoms with Gasteiger partial charge in [0, 0.05) is 5.69 Å². The monoisotopic (exact) mass is 366 g/mol. The third-order valence-electron chi connectivity index (χ3n) is 4.22. The van der Waals surface area contributed by atoms with Gasteiger partial charge in [0.05, 0.1) is 28.7 Å². The van der Waals surface area contributed by atoms with Gasteiger partial charge in [0.25, 0.3) is 11.8 Å². The van der Waals surface area contributed by atoms with Crippen LogP contribution in [0.1, 0.15) is 38.9 Å². The van der Waals surface area contributed by atoms with Crippen LogP contribution in [0.3, 0.4) is 0 Å². The lowest BCUT2D eigenvalue weighted by molar-refractivity contribution is 0.0992. The molecule has 3 rings (SSSR count). The fourth-order valence-electron chi connectivity index (χ4n) is 2.80. The lowest BCUT2D eigenvalue weighted by atomic mass is 10.1. The molecule has 0 bridgehead atoms. The number of benzene rings is 2. The summed E-state index contributed by atoms with van der Waals surface area (Å²) in [4.78, 5) is 24.0. The highest BCUT2D eigenvalue weighted by Gasteiger charge is 2.18. The van der Waals surface area contributed by atoms with Crippen molar-refractivity contribution in [2.45, 2.75) is 20.3 Å². The number of amides is 2. The zero-order valence-electron chi connectivity index (χ0n) is 15.0. The molecule has 3 N–H and O–H groups in total. The maximum absolute atomic E-state index is 13.6. The number of aromatic nitrogens is 2. The lowest BCUT2D eigenvalue weighted by Crippen LogP contribution is -2.17. The molecule has 0 aliphatic carbocycles. The molecule has 0 spiro atoms. The minimum atomic E-state index is -0.898. The molecule has 1 heterocycles. The van der Waals surface area contributed by atoms with Gasteiger partial charge in [-0.25, -0.2) is 9.07 Å². The fraction of sp³-hybridized carbons (Fsp3) is 0.150. The van der Waals surface area contributed by atoms with E-state index in [2.05, 4.69) is 10.4 Å². The molecule has 0 saturated heterocycles. The summed E-state index contributed by atoms with van der Waals surface area (Å²) in [5.74, 6) is -2.03. The number of carbonyl (C=O) groups excluding carboxylic acids is 2. The van der Waals surface area contributed by atoms with Crippen molar-refractivity contribution in [2.75, 3.05) is 5.32 Å². The molecule has 2 aromatic carbocycles. The molecule has 0 aliphatic rings. The Morgan fingerprint density at radius 3 is 2.48 bits per heavy atom. The van der Waals surface area contributed by atoms with E-state index in [1.54, 1.807) is 4.68 Å². The molecule has 138 valence electrons. The van der Waals surface area contributed by atoms with Gasteiger partial charge in [-0.1, -0.05) is 24.6 Å². The van der Waals surface area contributed by atoms with Crippen LogP contribution in [0.15, 0.2) is 48.7 Å². The number of hydrogen-bond donors (Lipinski definition) is 2. The summed E-state index contributed by atoms with van der Waals surface area (Å²) in [6.45, 7) is 3.93. The van der Waals surface area contributed by atoms with Crippen molar-refractivity contribution in [1.29, 1.82) is 0 Å². The number of anilines is 1. The van der Waals surface area contributed by atoms with Crippen LogP contribution in [0.25, 0.3) is 5.69 Å². The molecule has 3 aromatic rings. The third kappa shape index (κ3) is 3.72. The Morgan fingerprint density at radius 2 is 1.85 bits per heavy atom. The van der Waals surface area contributed by atoms with Crippen molar-refractivity contribution in [2.24, 2.45) is 5.73 Å². The van der Waals surface area contributed by atoms with Crippen molar-refractivity contribution in [3.8, 4) is 5.69 Å². The first-order valence-corrected chi connectivity index (χ1v) is 8.45. The number of aryl methyl sites for hydroxylation is 1. The number of hydrogen-bond acceptors (Lipinski definition) is 3. The summed E-state index contributed by atoms with van der Waals surface area (Å²) in [5.41, 5.74) is 8.28. The van der Waals surface area contributed by atoms with Gasteiger partial charge in [-0.15, -0.1) is 0 Å². The molecule has 2 amide bonds. The van der Waals surface area contributed by atoms with Gasteiger partial charge in [0.2, 0.25) is 0 Å².